The lowest BCUT2D eigenvalue weighted by Gasteiger charge is -2.21. The Kier molecular flexibility index (Phi) is 4.59. The summed E-state index contributed by atoms with van der Waals surface area (Å²) in [5, 5.41) is 9.77. The molecule has 1 amide bonds. The first-order chi connectivity index (χ1) is 9.97. The van der Waals surface area contributed by atoms with Crippen LogP contribution >= 0.6 is 0 Å². The van der Waals surface area contributed by atoms with Gasteiger partial charge < -0.3 is 19.3 Å². The first-order valence-electron chi connectivity index (χ1n) is 6.62. The van der Waals surface area contributed by atoms with Crippen molar-refractivity contribution in [1.29, 1.82) is 0 Å². The predicted molar refractivity (Wildman–Crippen MR) is 78.3 cm³/mol. The molecule has 1 heterocycles. The van der Waals surface area contributed by atoms with Gasteiger partial charge in [0.15, 0.2) is 5.76 Å². The number of nitrogens with zero attached hydrogens (tertiary/aromatic N) is 2. The summed E-state index contributed by atoms with van der Waals surface area (Å²) in [6.07, 6.45) is 0. The van der Waals surface area contributed by atoms with Gasteiger partial charge in [0.1, 0.15) is 12.1 Å². The average Bonchev–Trinajstić information content (AvgIpc) is 2.86. The molecular weight excluding hydrogens is 272 g/mol. The predicted octanol–water partition coefficient (Wildman–Crippen LogP) is 1.52. The number of para-hydroxylation sites is 1. The molecule has 1 aromatic carbocycles. The van der Waals surface area contributed by atoms with E-state index in [0.29, 0.717) is 18.7 Å². The molecule has 1 aromatic heterocycles. The molecule has 0 saturated carbocycles. The number of hydrogen-bond acceptors (Lipinski definition) is 4. The molecule has 0 aliphatic carbocycles. The van der Waals surface area contributed by atoms with Crippen molar-refractivity contribution < 1.29 is 19.1 Å². The maximum Gasteiger partial charge on any atom is 0.323 e. The summed E-state index contributed by atoms with van der Waals surface area (Å²) in [6.45, 7) is 0.568. The van der Waals surface area contributed by atoms with Crippen molar-refractivity contribution in [3.63, 3.8) is 0 Å². The van der Waals surface area contributed by atoms with Crippen molar-refractivity contribution in [3.05, 3.63) is 36.1 Å². The molecule has 6 heteroatoms. The van der Waals surface area contributed by atoms with Crippen LogP contribution in [0.5, 0.6) is 0 Å². The Morgan fingerprint density at radius 3 is 2.52 bits per heavy atom. The summed E-state index contributed by atoms with van der Waals surface area (Å²) in [6, 6.07) is 8.93. The fourth-order valence-electron chi connectivity index (χ4n) is 1.98. The number of hydrogen-bond donors (Lipinski definition) is 1. The SMILES string of the molecule is CN(C)CCN(CC(=O)O)C(=O)c1cc2ccccc2o1. The molecule has 0 unspecified atom stereocenters. The molecule has 0 aliphatic heterocycles. The first-order valence-corrected chi connectivity index (χ1v) is 6.62. The van der Waals surface area contributed by atoms with Crippen molar-refractivity contribution in [2.45, 2.75) is 0 Å². The minimum atomic E-state index is -1.04. The van der Waals surface area contributed by atoms with Crippen LogP contribution in [0.2, 0.25) is 0 Å². The number of carbonyl (C=O) groups excluding carboxylic acids is 1. The van der Waals surface area contributed by atoms with Gasteiger partial charge in [-0.2, -0.15) is 0 Å². The maximum absolute atomic E-state index is 12.4. The van der Waals surface area contributed by atoms with Gasteiger partial charge in [0, 0.05) is 18.5 Å². The molecule has 2 aromatic rings. The number of likely N-dealkylation sites (N-methyl/N-ethyl adjacent to an activating group) is 1. The number of rotatable bonds is 6. The van der Waals surface area contributed by atoms with E-state index in [-0.39, 0.29) is 12.3 Å². The van der Waals surface area contributed by atoms with Crippen LogP contribution in [0.25, 0.3) is 11.0 Å². The van der Waals surface area contributed by atoms with Crippen molar-refractivity contribution >= 4 is 22.8 Å². The number of benzene rings is 1. The van der Waals surface area contributed by atoms with Gasteiger partial charge in [0.2, 0.25) is 0 Å². The number of fused-ring (bicyclic) bond motifs is 1. The highest BCUT2D eigenvalue weighted by atomic mass is 16.4. The molecule has 0 aliphatic rings. The highest BCUT2D eigenvalue weighted by molar-refractivity contribution is 5.97. The molecule has 21 heavy (non-hydrogen) atoms. The van der Waals surface area contributed by atoms with Crippen LogP contribution in [-0.4, -0.2) is 60.5 Å². The Labute approximate surface area is 122 Å². The largest absolute Gasteiger partial charge is 0.480 e. The third-order valence-electron chi connectivity index (χ3n) is 3.07. The van der Waals surface area contributed by atoms with Crippen LogP contribution in [0.1, 0.15) is 10.6 Å². The standard InChI is InChI=1S/C15H18N2O4/c1-16(2)7-8-17(10-14(18)19)15(20)13-9-11-5-3-4-6-12(11)21-13/h3-6,9H,7-8,10H2,1-2H3,(H,18,19). The van der Waals surface area contributed by atoms with E-state index in [1.165, 1.54) is 4.90 Å². The monoisotopic (exact) mass is 290 g/mol. The Bertz CT molecular complexity index is 615. The summed E-state index contributed by atoms with van der Waals surface area (Å²) in [5.41, 5.74) is 0.615. The number of furan rings is 1. The highest BCUT2D eigenvalue weighted by Gasteiger charge is 2.21. The zero-order valence-corrected chi connectivity index (χ0v) is 12.1. The lowest BCUT2D eigenvalue weighted by molar-refractivity contribution is -0.137. The van der Waals surface area contributed by atoms with Crippen LogP contribution in [0.3, 0.4) is 0 Å². The quantitative estimate of drug-likeness (QED) is 0.873. The van der Waals surface area contributed by atoms with Gasteiger partial charge in [0.25, 0.3) is 5.91 Å². The molecule has 6 nitrogen and oxygen atoms in total. The molecule has 0 atom stereocenters. The van der Waals surface area contributed by atoms with Crippen molar-refractivity contribution in [2.24, 2.45) is 0 Å². The van der Waals surface area contributed by atoms with Gasteiger partial charge in [-0.15, -0.1) is 0 Å². The molecule has 1 N–H and O–H groups in total. The van der Waals surface area contributed by atoms with Gasteiger partial charge in [-0.05, 0) is 26.2 Å². The van der Waals surface area contributed by atoms with Gasteiger partial charge in [0.05, 0.1) is 0 Å². The number of carboxylic acid groups (broad SMARTS) is 1. The second-order valence-electron chi connectivity index (χ2n) is 5.07. The fourth-order valence-corrected chi connectivity index (χ4v) is 1.98. The molecule has 0 fully saturated rings. The van der Waals surface area contributed by atoms with Gasteiger partial charge in [-0.25, -0.2) is 0 Å². The number of carboxylic acids is 1. The normalized spacial score (nSPS) is 11.0. The van der Waals surface area contributed by atoms with E-state index in [0.717, 1.165) is 5.39 Å². The summed E-state index contributed by atoms with van der Waals surface area (Å²) in [5.74, 6) is -1.29. The van der Waals surface area contributed by atoms with Gasteiger partial charge >= 0.3 is 5.97 Å². The Morgan fingerprint density at radius 2 is 1.90 bits per heavy atom. The summed E-state index contributed by atoms with van der Waals surface area (Å²) in [4.78, 5) is 26.5. The summed E-state index contributed by atoms with van der Waals surface area (Å²) in [7, 11) is 3.73. The molecule has 112 valence electrons. The lowest BCUT2D eigenvalue weighted by atomic mass is 10.2. The minimum absolute atomic E-state index is 0.163. The lowest BCUT2D eigenvalue weighted by Crippen LogP contribution is -2.39. The zero-order chi connectivity index (χ0) is 15.4. The van der Waals surface area contributed by atoms with Crippen LogP contribution in [0.4, 0.5) is 0 Å². The van der Waals surface area contributed by atoms with Crippen LogP contribution < -0.4 is 0 Å². The van der Waals surface area contributed by atoms with E-state index >= 15 is 0 Å². The topological polar surface area (TPSA) is 74.0 Å². The van der Waals surface area contributed by atoms with E-state index < -0.39 is 11.9 Å². The Morgan fingerprint density at radius 1 is 1.19 bits per heavy atom. The van der Waals surface area contributed by atoms with Gasteiger partial charge in [-0.3, -0.25) is 9.59 Å². The number of carbonyl (C=O) groups is 2. The molecule has 0 bridgehead atoms. The van der Waals surface area contributed by atoms with E-state index in [9.17, 15) is 9.59 Å². The maximum atomic E-state index is 12.4. The Balaban J connectivity index is 2.21. The molecule has 2 rings (SSSR count). The number of aliphatic carboxylic acids is 1. The van der Waals surface area contributed by atoms with E-state index in [1.54, 1.807) is 12.1 Å². The third kappa shape index (κ3) is 3.82. The summed E-state index contributed by atoms with van der Waals surface area (Å²) >= 11 is 0. The zero-order valence-electron chi connectivity index (χ0n) is 12.1. The summed E-state index contributed by atoms with van der Waals surface area (Å²) < 4.78 is 5.50. The van der Waals surface area contributed by atoms with Crippen molar-refractivity contribution in [3.8, 4) is 0 Å². The number of amides is 1. The molecule has 0 radical (unpaired) electrons. The average molecular weight is 290 g/mol. The Hall–Kier alpha value is -2.34. The minimum Gasteiger partial charge on any atom is -0.480 e. The van der Waals surface area contributed by atoms with Crippen LogP contribution in [-0.2, 0) is 4.79 Å². The van der Waals surface area contributed by atoms with Crippen LogP contribution in [0, 0.1) is 0 Å². The van der Waals surface area contributed by atoms with E-state index in [1.807, 2.05) is 37.2 Å². The third-order valence-corrected chi connectivity index (χ3v) is 3.07. The van der Waals surface area contributed by atoms with Crippen molar-refractivity contribution in [1.82, 2.24) is 9.80 Å². The first kappa shape index (κ1) is 15.1. The fraction of sp³-hybridized carbons (Fsp3) is 0.333. The molecular formula is C15H18N2O4. The van der Waals surface area contributed by atoms with E-state index in [4.69, 9.17) is 9.52 Å². The van der Waals surface area contributed by atoms with Crippen LogP contribution in [0.15, 0.2) is 34.7 Å². The highest BCUT2D eigenvalue weighted by Crippen LogP contribution is 2.20. The second-order valence-corrected chi connectivity index (χ2v) is 5.07. The molecule has 0 spiro atoms. The van der Waals surface area contributed by atoms with Crippen molar-refractivity contribution in [2.75, 3.05) is 33.7 Å². The second kappa shape index (κ2) is 6.41. The van der Waals surface area contributed by atoms with Gasteiger partial charge in [-0.1, -0.05) is 18.2 Å². The smallest absolute Gasteiger partial charge is 0.323 e. The molecule has 0 saturated heterocycles. The van der Waals surface area contributed by atoms with E-state index in [2.05, 4.69) is 0 Å².